The Hall–Kier alpha value is -1.55. The van der Waals surface area contributed by atoms with E-state index in [1.165, 1.54) is 17.7 Å². The molecule has 3 N–H and O–H groups in total. The third-order valence-electron chi connectivity index (χ3n) is 3.78. The molecule has 1 aromatic rings. The van der Waals surface area contributed by atoms with Crippen molar-refractivity contribution in [1.29, 1.82) is 0 Å². The first-order valence-corrected chi connectivity index (χ1v) is 7.13. The highest BCUT2D eigenvalue weighted by molar-refractivity contribution is 5.85. The highest BCUT2D eigenvalue weighted by Crippen LogP contribution is 2.28. The molecule has 0 saturated heterocycles. The van der Waals surface area contributed by atoms with E-state index in [1.807, 2.05) is 6.07 Å². The van der Waals surface area contributed by atoms with Crippen LogP contribution in [-0.4, -0.2) is 18.5 Å². The highest BCUT2D eigenvalue weighted by atomic mass is 16.2. The number of anilines is 1. The standard InChI is InChI=1S/C15H23N3O/c1-2-7-14(15(19)17-16)18-11-6-5-9-12-8-3-4-10-13(12)18/h3-4,8,10,14H,2,5-7,9,11,16H2,1H3,(H,17,19). The van der Waals surface area contributed by atoms with Gasteiger partial charge in [-0.2, -0.15) is 0 Å². The molecule has 0 aromatic heterocycles. The fraction of sp³-hybridized carbons (Fsp3) is 0.533. The van der Waals surface area contributed by atoms with Crippen molar-refractivity contribution in [3.05, 3.63) is 29.8 Å². The molecule has 1 aliphatic heterocycles. The van der Waals surface area contributed by atoms with Gasteiger partial charge in [-0.05, 0) is 37.3 Å². The van der Waals surface area contributed by atoms with E-state index >= 15 is 0 Å². The Morgan fingerprint density at radius 3 is 2.95 bits per heavy atom. The van der Waals surface area contributed by atoms with Gasteiger partial charge in [-0.15, -0.1) is 0 Å². The summed E-state index contributed by atoms with van der Waals surface area (Å²) in [6.45, 7) is 3.02. The molecular weight excluding hydrogens is 238 g/mol. The van der Waals surface area contributed by atoms with Crippen LogP contribution in [0.25, 0.3) is 0 Å². The largest absolute Gasteiger partial charge is 0.359 e. The Morgan fingerprint density at radius 2 is 2.21 bits per heavy atom. The molecule has 0 spiro atoms. The van der Waals surface area contributed by atoms with Gasteiger partial charge in [-0.1, -0.05) is 31.5 Å². The zero-order valence-corrected chi connectivity index (χ0v) is 11.6. The number of nitrogens with two attached hydrogens (primary N) is 1. The summed E-state index contributed by atoms with van der Waals surface area (Å²) >= 11 is 0. The number of rotatable bonds is 4. The summed E-state index contributed by atoms with van der Waals surface area (Å²) in [5, 5.41) is 0. The SMILES string of the molecule is CCCC(C(=O)NN)N1CCCCc2ccccc21. The number of carbonyl (C=O) groups is 1. The zero-order chi connectivity index (χ0) is 13.7. The fourth-order valence-corrected chi connectivity index (χ4v) is 2.84. The van der Waals surface area contributed by atoms with Crippen LogP contribution < -0.4 is 16.2 Å². The third kappa shape index (κ3) is 3.07. The molecule has 0 fully saturated rings. The second-order valence-electron chi connectivity index (χ2n) is 5.09. The Morgan fingerprint density at radius 1 is 1.42 bits per heavy atom. The van der Waals surface area contributed by atoms with Gasteiger partial charge in [0.25, 0.3) is 5.91 Å². The van der Waals surface area contributed by atoms with Gasteiger partial charge < -0.3 is 4.90 Å². The first-order valence-electron chi connectivity index (χ1n) is 7.13. The molecule has 1 aliphatic rings. The summed E-state index contributed by atoms with van der Waals surface area (Å²) in [7, 11) is 0. The fourth-order valence-electron chi connectivity index (χ4n) is 2.84. The number of carbonyl (C=O) groups excluding carboxylic acids is 1. The zero-order valence-electron chi connectivity index (χ0n) is 11.6. The lowest BCUT2D eigenvalue weighted by Gasteiger charge is -2.32. The van der Waals surface area contributed by atoms with Crippen LogP contribution in [0.4, 0.5) is 5.69 Å². The molecule has 1 heterocycles. The summed E-state index contributed by atoms with van der Waals surface area (Å²) < 4.78 is 0. The van der Waals surface area contributed by atoms with E-state index in [-0.39, 0.29) is 11.9 Å². The molecule has 1 amide bonds. The van der Waals surface area contributed by atoms with Crippen molar-refractivity contribution < 1.29 is 4.79 Å². The number of hydrazine groups is 1. The summed E-state index contributed by atoms with van der Waals surface area (Å²) in [6, 6.07) is 8.24. The molecule has 0 aliphatic carbocycles. The van der Waals surface area contributed by atoms with Crippen LogP contribution in [0.1, 0.15) is 38.2 Å². The van der Waals surface area contributed by atoms with E-state index in [1.54, 1.807) is 0 Å². The minimum atomic E-state index is -0.158. The molecule has 19 heavy (non-hydrogen) atoms. The van der Waals surface area contributed by atoms with E-state index in [4.69, 9.17) is 5.84 Å². The van der Waals surface area contributed by atoms with Crippen molar-refractivity contribution in [2.24, 2.45) is 5.84 Å². The van der Waals surface area contributed by atoms with Crippen LogP contribution >= 0.6 is 0 Å². The van der Waals surface area contributed by atoms with Gasteiger partial charge in [0, 0.05) is 12.2 Å². The van der Waals surface area contributed by atoms with Gasteiger partial charge in [0.1, 0.15) is 6.04 Å². The number of nitrogens with one attached hydrogen (secondary N) is 1. The number of amides is 1. The lowest BCUT2D eigenvalue weighted by molar-refractivity contribution is -0.122. The Bertz CT molecular complexity index is 433. The van der Waals surface area contributed by atoms with Crippen molar-refractivity contribution in [2.45, 2.75) is 45.1 Å². The van der Waals surface area contributed by atoms with Crippen LogP contribution in [0, 0.1) is 0 Å². The average Bonchev–Trinajstić information content (AvgIpc) is 2.66. The molecule has 0 bridgehead atoms. The lowest BCUT2D eigenvalue weighted by Crippen LogP contribution is -2.49. The lowest BCUT2D eigenvalue weighted by atomic mass is 10.1. The van der Waals surface area contributed by atoms with Crippen molar-refractivity contribution in [2.75, 3.05) is 11.4 Å². The number of hydrogen-bond acceptors (Lipinski definition) is 3. The smallest absolute Gasteiger partial charge is 0.256 e. The topological polar surface area (TPSA) is 58.4 Å². The minimum absolute atomic E-state index is 0.0847. The van der Waals surface area contributed by atoms with E-state index < -0.39 is 0 Å². The number of benzene rings is 1. The summed E-state index contributed by atoms with van der Waals surface area (Å²) in [6.07, 6.45) is 5.19. The predicted octanol–water partition coefficient (Wildman–Crippen LogP) is 1.99. The summed E-state index contributed by atoms with van der Waals surface area (Å²) in [4.78, 5) is 14.3. The van der Waals surface area contributed by atoms with E-state index in [0.29, 0.717) is 0 Å². The molecule has 104 valence electrons. The van der Waals surface area contributed by atoms with Crippen LogP contribution in [0.2, 0.25) is 0 Å². The highest BCUT2D eigenvalue weighted by Gasteiger charge is 2.27. The van der Waals surface area contributed by atoms with Crippen molar-refractivity contribution >= 4 is 11.6 Å². The maximum atomic E-state index is 12.0. The number of para-hydroxylation sites is 1. The maximum absolute atomic E-state index is 12.0. The molecular formula is C15H23N3O. The average molecular weight is 261 g/mol. The maximum Gasteiger partial charge on any atom is 0.256 e. The number of fused-ring (bicyclic) bond motifs is 1. The molecule has 0 saturated carbocycles. The van der Waals surface area contributed by atoms with Crippen LogP contribution in [-0.2, 0) is 11.2 Å². The molecule has 1 unspecified atom stereocenters. The van der Waals surface area contributed by atoms with Gasteiger partial charge in [0.05, 0.1) is 0 Å². The van der Waals surface area contributed by atoms with Crippen LogP contribution in [0.3, 0.4) is 0 Å². The normalized spacial score (nSPS) is 16.4. The van der Waals surface area contributed by atoms with Gasteiger partial charge in [-0.25, -0.2) is 5.84 Å². The van der Waals surface area contributed by atoms with E-state index in [2.05, 4.69) is 35.4 Å². The van der Waals surface area contributed by atoms with E-state index in [9.17, 15) is 4.79 Å². The number of aryl methyl sites for hydroxylation is 1. The first-order chi connectivity index (χ1) is 9.27. The first kappa shape index (κ1) is 13.9. The van der Waals surface area contributed by atoms with Crippen LogP contribution in [0.5, 0.6) is 0 Å². The summed E-state index contributed by atoms with van der Waals surface area (Å²) in [5.41, 5.74) is 4.85. The minimum Gasteiger partial charge on any atom is -0.359 e. The second-order valence-corrected chi connectivity index (χ2v) is 5.09. The molecule has 1 atom stereocenters. The predicted molar refractivity (Wildman–Crippen MR) is 77.8 cm³/mol. The van der Waals surface area contributed by atoms with Gasteiger partial charge in [-0.3, -0.25) is 10.2 Å². The quantitative estimate of drug-likeness (QED) is 0.495. The van der Waals surface area contributed by atoms with Crippen molar-refractivity contribution in [3.8, 4) is 0 Å². The Kier molecular flexibility index (Phi) is 4.80. The Labute approximate surface area is 114 Å². The molecule has 1 aromatic carbocycles. The van der Waals surface area contributed by atoms with Gasteiger partial charge >= 0.3 is 0 Å². The molecule has 4 nitrogen and oxygen atoms in total. The molecule has 2 rings (SSSR count). The van der Waals surface area contributed by atoms with E-state index in [0.717, 1.165) is 32.2 Å². The number of nitrogens with zero attached hydrogens (tertiary/aromatic N) is 1. The number of hydrogen-bond donors (Lipinski definition) is 2. The van der Waals surface area contributed by atoms with Crippen molar-refractivity contribution in [1.82, 2.24) is 5.43 Å². The molecule has 4 heteroatoms. The monoisotopic (exact) mass is 261 g/mol. The molecule has 0 radical (unpaired) electrons. The van der Waals surface area contributed by atoms with Gasteiger partial charge in [0.2, 0.25) is 0 Å². The Balaban J connectivity index is 2.33. The third-order valence-corrected chi connectivity index (χ3v) is 3.78. The second kappa shape index (κ2) is 6.57. The van der Waals surface area contributed by atoms with Crippen LogP contribution in [0.15, 0.2) is 24.3 Å². The van der Waals surface area contributed by atoms with Gasteiger partial charge in [0.15, 0.2) is 0 Å². The summed E-state index contributed by atoms with van der Waals surface area (Å²) in [5.74, 6) is 5.26. The van der Waals surface area contributed by atoms with Crippen molar-refractivity contribution in [3.63, 3.8) is 0 Å².